The van der Waals surface area contributed by atoms with E-state index in [-0.39, 0.29) is 61.0 Å². The van der Waals surface area contributed by atoms with Crippen molar-refractivity contribution in [3.8, 4) is 0 Å². The van der Waals surface area contributed by atoms with Crippen LogP contribution in [0.3, 0.4) is 0 Å². The van der Waals surface area contributed by atoms with E-state index >= 15 is 0 Å². The zero-order chi connectivity index (χ0) is 14.5. The molecule has 3 saturated heterocycles. The maximum atomic E-state index is 11.8. The Hall–Kier alpha value is 0.0100. The number of imide groups is 1. The van der Waals surface area contributed by atoms with Gasteiger partial charge in [-0.15, -0.1) is 0 Å². The number of phosphoric acid groups is 1. The summed E-state index contributed by atoms with van der Waals surface area (Å²) in [4.78, 5) is 33.9. The average Bonchev–Trinajstić information content (AvgIpc) is 2.74. The van der Waals surface area contributed by atoms with Gasteiger partial charge in [0.15, 0.2) is 0 Å². The van der Waals surface area contributed by atoms with Crippen LogP contribution in [0.5, 0.6) is 0 Å². The number of urea groups is 1. The molecule has 2 N–H and O–H groups in total. The third-order valence-electron chi connectivity index (χ3n) is 3.61. The molecule has 0 aliphatic carbocycles. The number of carbonyl (C=O) groups is 2. The van der Waals surface area contributed by atoms with E-state index in [0.717, 1.165) is 0 Å². The van der Waals surface area contributed by atoms with E-state index in [2.05, 4.69) is 9.84 Å². The molecule has 3 fully saturated rings. The molecule has 3 aliphatic heterocycles. The summed E-state index contributed by atoms with van der Waals surface area (Å²) in [5.74, 6) is -0.652. The Bertz CT molecular complexity index is 504. The zero-order valence-corrected chi connectivity index (χ0v) is 14.6. The minimum Gasteiger partial charge on any atom is -0.350 e. The molecule has 11 heteroatoms. The van der Waals surface area contributed by atoms with Gasteiger partial charge in [0.25, 0.3) is 0 Å². The minimum absolute atomic E-state index is 0. The molecule has 0 aromatic rings. The van der Waals surface area contributed by atoms with E-state index < -0.39 is 32.3 Å². The second-order valence-corrected chi connectivity index (χ2v) is 6.53. The fourth-order valence-corrected chi connectivity index (χ4v) is 3.49. The molecule has 3 aliphatic rings. The van der Waals surface area contributed by atoms with Crippen LogP contribution in [0.4, 0.5) is 4.79 Å². The summed E-state index contributed by atoms with van der Waals surface area (Å²) < 4.78 is 26.6. The van der Waals surface area contributed by atoms with Gasteiger partial charge in [-0.3, -0.25) is 24.1 Å². The fraction of sp³-hybridized carbons (Fsp3) is 0.800. The van der Waals surface area contributed by atoms with Gasteiger partial charge in [0.2, 0.25) is 5.91 Å². The van der Waals surface area contributed by atoms with Gasteiger partial charge in [0.05, 0.1) is 12.5 Å². The standard InChI is InChI=1S/C10H15N2O7P.Na/c1-5-3-12(10(14)11-9(5)13)8-2-6-7(18-8)4-17-20(15,16)19-6;/h5-8H,2-4H2,1H3,(H,15,16)(H,11,13,14);. The number of amides is 3. The van der Waals surface area contributed by atoms with Crippen LogP contribution in [-0.2, 0) is 23.1 Å². The van der Waals surface area contributed by atoms with Gasteiger partial charge in [-0.2, -0.15) is 0 Å². The van der Waals surface area contributed by atoms with E-state index in [4.69, 9.17) is 9.26 Å². The Balaban J connectivity index is 0.00000161. The van der Waals surface area contributed by atoms with Crippen molar-refractivity contribution >= 4 is 49.3 Å². The zero-order valence-electron chi connectivity index (χ0n) is 11.7. The normalized spacial score (nSPS) is 43.0. The maximum Gasteiger partial charge on any atom is 0.472 e. The molecule has 21 heavy (non-hydrogen) atoms. The number of hydrogen-bond donors (Lipinski definition) is 2. The third kappa shape index (κ3) is 3.51. The summed E-state index contributed by atoms with van der Waals surface area (Å²) in [6, 6.07) is -0.523. The average molecular weight is 329 g/mol. The summed E-state index contributed by atoms with van der Waals surface area (Å²) >= 11 is 0. The minimum atomic E-state index is -4.01. The molecular formula is C10H15N2NaO7P. The Morgan fingerprint density at radius 1 is 1.38 bits per heavy atom. The SMILES string of the molecule is CC1CN(C2CC3OP(=O)(O)OCC3O2)C(=O)NC1=O.[Na]. The predicted molar refractivity (Wildman–Crippen MR) is 69.1 cm³/mol. The first-order chi connectivity index (χ1) is 9.35. The molecule has 5 unspecified atom stereocenters. The van der Waals surface area contributed by atoms with E-state index in [0.29, 0.717) is 0 Å². The smallest absolute Gasteiger partial charge is 0.350 e. The molecule has 0 spiro atoms. The monoisotopic (exact) mass is 329 g/mol. The van der Waals surface area contributed by atoms with Crippen molar-refractivity contribution in [2.75, 3.05) is 13.2 Å². The van der Waals surface area contributed by atoms with Gasteiger partial charge in [-0.25, -0.2) is 9.36 Å². The summed E-state index contributed by atoms with van der Waals surface area (Å²) in [5.41, 5.74) is 0. The van der Waals surface area contributed by atoms with Crippen LogP contribution in [0.1, 0.15) is 13.3 Å². The quantitative estimate of drug-likeness (QED) is 0.489. The van der Waals surface area contributed by atoms with Crippen LogP contribution in [0.2, 0.25) is 0 Å². The van der Waals surface area contributed by atoms with Gasteiger partial charge >= 0.3 is 13.9 Å². The first-order valence-corrected chi connectivity index (χ1v) is 7.78. The summed E-state index contributed by atoms with van der Waals surface area (Å²) in [6.07, 6.45) is -1.41. The number of carbonyl (C=O) groups excluding carboxylic acids is 2. The van der Waals surface area contributed by atoms with Crippen molar-refractivity contribution in [3.05, 3.63) is 0 Å². The largest absolute Gasteiger partial charge is 0.472 e. The van der Waals surface area contributed by atoms with Crippen LogP contribution in [0.25, 0.3) is 0 Å². The molecule has 0 aromatic carbocycles. The molecule has 113 valence electrons. The van der Waals surface area contributed by atoms with E-state index in [1.165, 1.54) is 4.90 Å². The molecule has 3 amide bonds. The summed E-state index contributed by atoms with van der Waals surface area (Å²) in [6.45, 7) is 1.89. The Morgan fingerprint density at radius 2 is 2.10 bits per heavy atom. The van der Waals surface area contributed by atoms with Crippen molar-refractivity contribution in [1.82, 2.24) is 10.2 Å². The van der Waals surface area contributed by atoms with E-state index in [1.54, 1.807) is 6.92 Å². The Kier molecular flexibility index (Phi) is 5.17. The van der Waals surface area contributed by atoms with Crippen LogP contribution < -0.4 is 5.32 Å². The molecule has 0 saturated carbocycles. The number of phosphoric ester groups is 1. The first-order valence-electron chi connectivity index (χ1n) is 6.28. The molecule has 5 atom stereocenters. The second kappa shape index (κ2) is 6.25. The number of nitrogens with zero attached hydrogens (tertiary/aromatic N) is 1. The van der Waals surface area contributed by atoms with Crippen molar-refractivity contribution < 1.29 is 32.8 Å². The summed E-state index contributed by atoms with van der Waals surface area (Å²) in [5, 5.41) is 2.25. The fourth-order valence-electron chi connectivity index (χ4n) is 2.53. The van der Waals surface area contributed by atoms with Crippen molar-refractivity contribution in [3.63, 3.8) is 0 Å². The van der Waals surface area contributed by atoms with E-state index in [1.807, 2.05) is 0 Å². The van der Waals surface area contributed by atoms with Gasteiger partial charge in [-0.05, 0) is 0 Å². The Labute approximate surface area is 143 Å². The molecule has 0 bridgehead atoms. The number of fused-ring (bicyclic) bond motifs is 1. The number of rotatable bonds is 1. The van der Waals surface area contributed by atoms with E-state index in [9.17, 15) is 19.0 Å². The molecule has 3 heterocycles. The van der Waals surface area contributed by atoms with Crippen molar-refractivity contribution in [2.24, 2.45) is 5.92 Å². The van der Waals surface area contributed by atoms with Gasteiger partial charge < -0.3 is 9.63 Å². The molecular weight excluding hydrogens is 314 g/mol. The molecule has 0 aromatic heterocycles. The van der Waals surface area contributed by atoms with Crippen LogP contribution in [0.15, 0.2) is 0 Å². The second-order valence-electron chi connectivity index (χ2n) is 5.12. The topological polar surface area (TPSA) is 114 Å². The van der Waals surface area contributed by atoms with Gasteiger partial charge in [0.1, 0.15) is 18.4 Å². The van der Waals surface area contributed by atoms with Crippen LogP contribution >= 0.6 is 7.82 Å². The number of hydrogen-bond acceptors (Lipinski definition) is 6. The van der Waals surface area contributed by atoms with Crippen molar-refractivity contribution in [2.45, 2.75) is 31.8 Å². The first kappa shape index (κ1) is 17.4. The number of nitrogens with one attached hydrogen (secondary N) is 1. The predicted octanol–water partition coefficient (Wildman–Crippen LogP) is -0.576. The van der Waals surface area contributed by atoms with Crippen LogP contribution in [0, 0.1) is 5.92 Å². The van der Waals surface area contributed by atoms with Crippen LogP contribution in [-0.4, -0.2) is 82.9 Å². The molecule has 3 rings (SSSR count). The molecule has 1 radical (unpaired) electrons. The maximum absolute atomic E-state index is 11.8. The Morgan fingerprint density at radius 3 is 2.81 bits per heavy atom. The van der Waals surface area contributed by atoms with Gasteiger partial charge in [-0.1, -0.05) is 6.92 Å². The van der Waals surface area contributed by atoms with Gasteiger partial charge in [0, 0.05) is 42.5 Å². The number of ether oxygens (including phenoxy) is 1. The summed E-state index contributed by atoms with van der Waals surface area (Å²) in [7, 11) is -4.01. The van der Waals surface area contributed by atoms with Crippen molar-refractivity contribution in [1.29, 1.82) is 0 Å². The third-order valence-corrected chi connectivity index (χ3v) is 4.62. The molecule has 9 nitrogen and oxygen atoms in total.